The zero-order chi connectivity index (χ0) is 55.5. The van der Waals surface area contributed by atoms with Gasteiger partial charge in [-0.3, -0.25) is 29.4 Å². The third kappa shape index (κ3) is 9.67. The van der Waals surface area contributed by atoms with Crippen molar-refractivity contribution in [3.8, 4) is 23.0 Å². The number of piperazine rings is 1. The van der Waals surface area contributed by atoms with Crippen LogP contribution in [0.2, 0.25) is 0 Å². The first-order chi connectivity index (χ1) is 39.2. The maximum atomic E-state index is 17.3. The van der Waals surface area contributed by atoms with Gasteiger partial charge in [-0.25, -0.2) is 8.78 Å². The van der Waals surface area contributed by atoms with Gasteiger partial charge in [-0.15, -0.1) is 0 Å². The number of hydrogen-bond donors (Lipinski definition) is 3. The number of anilines is 1. The molecule has 6 aliphatic heterocycles. The van der Waals surface area contributed by atoms with Crippen LogP contribution in [0, 0.1) is 34.3 Å². The number of aromatic nitrogens is 5. The number of hydrogen-bond acceptors (Lipinski definition) is 13. The number of nitrogens with one attached hydrogen (secondary N) is 2. The third-order valence-corrected chi connectivity index (χ3v) is 20.7. The quantitative estimate of drug-likeness (QED) is 0.0997. The van der Waals surface area contributed by atoms with E-state index in [4.69, 9.17) is 19.8 Å². The van der Waals surface area contributed by atoms with Crippen molar-refractivity contribution in [1.29, 1.82) is 0 Å². The molecule has 3 aromatic carbocycles. The van der Waals surface area contributed by atoms with E-state index in [0.29, 0.717) is 87.9 Å². The summed E-state index contributed by atoms with van der Waals surface area (Å²) in [5, 5.41) is 24.4. The fourth-order valence-corrected chi connectivity index (χ4v) is 15.7. The van der Waals surface area contributed by atoms with Crippen LogP contribution in [0.3, 0.4) is 0 Å². The summed E-state index contributed by atoms with van der Waals surface area (Å²) in [5.41, 5.74) is 4.21. The Morgan fingerprint density at radius 3 is 2.35 bits per heavy atom. The normalized spacial score (nSPS) is 25.5. The lowest BCUT2D eigenvalue weighted by Crippen LogP contribution is -2.57. The van der Waals surface area contributed by atoms with Gasteiger partial charge >= 0.3 is 6.01 Å². The highest BCUT2D eigenvalue weighted by Crippen LogP contribution is 2.53. The number of halogens is 2. The Labute approximate surface area is 471 Å². The molecular weight excluding hydrogens is 1030 g/mol. The maximum absolute atomic E-state index is 17.3. The molecule has 6 aromatic rings. The summed E-state index contributed by atoms with van der Waals surface area (Å²) in [4.78, 5) is 63.0. The van der Waals surface area contributed by atoms with Crippen LogP contribution in [0.15, 0.2) is 48.7 Å². The third-order valence-electron chi connectivity index (χ3n) is 20.7. The minimum absolute atomic E-state index is 0.0144. The zero-order valence-electron chi connectivity index (χ0n) is 47.0. The minimum atomic E-state index is -0.668. The van der Waals surface area contributed by atoms with Gasteiger partial charge in [0.2, 0.25) is 17.7 Å². The van der Waals surface area contributed by atoms with Gasteiger partial charge in [-0.05, 0) is 174 Å². The van der Waals surface area contributed by atoms with Gasteiger partial charge in [0.1, 0.15) is 28.6 Å². The standard InChI is InChI=1S/C63H75F2N11O5/c1-4-45-50(64)10-6-40-26-44(77)28-47(52(40)45)55-53(65)56-49(31-66-55)57(76-32-41-7-8-42(33-76)67-41)69-61(68-56)81-35-63(15-16-63)34-73-19-11-38(12-20-73)60(80)75-23-17-62(18-24-75)29-43(30-62)74-21-13-37(14-22-74)39-5-9-46-51(27-39)72(3)71-54(46)48-25-36(2)58(78)70-59(48)79/h5-6,9-10,26-28,31,36-38,41-43,48,67,77H,4,7-8,11-25,29-30,32-35H2,1-3H3,(H,70,78,79). The molecular formula is C63H75F2N11O5. The molecule has 2 aliphatic carbocycles. The summed E-state index contributed by atoms with van der Waals surface area (Å²) in [5.74, 6) is -0.774. The first-order valence-electron chi connectivity index (χ1n) is 30.2. The summed E-state index contributed by atoms with van der Waals surface area (Å²) in [6, 6.07) is 14.0. The summed E-state index contributed by atoms with van der Waals surface area (Å²) in [7, 11) is 1.94. The average molecular weight is 1100 g/mol. The van der Waals surface area contributed by atoms with Crippen molar-refractivity contribution >= 4 is 56.1 Å². The highest BCUT2D eigenvalue weighted by molar-refractivity contribution is 6.04. The second-order valence-corrected chi connectivity index (χ2v) is 25.9. The van der Waals surface area contributed by atoms with E-state index in [0.717, 1.165) is 140 Å². The van der Waals surface area contributed by atoms with Gasteiger partial charge in [0.05, 0.1) is 29.1 Å². The minimum Gasteiger partial charge on any atom is -0.508 e. The van der Waals surface area contributed by atoms with Crippen molar-refractivity contribution in [2.24, 2.45) is 29.7 Å². The van der Waals surface area contributed by atoms with Gasteiger partial charge in [-0.1, -0.05) is 32.0 Å². The van der Waals surface area contributed by atoms with E-state index in [1.54, 1.807) is 18.3 Å². The second-order valence-electron chi connectivity index (χ2n) is 25.9. The number of phenols is 1. The Morgan fingerprint density at radius 2 is 1.62 bits per heavy atom. The molecule has 14 rings (SSSR count). The molecule has 3 aromatic heterocycles. The van der Waals surface area contributed by atoms with Crippen molar-refractivity contribution in [3.05, 3.63) is 77.1 Å². The highest BCUT2D eigenvalue weighted by Gasteiger charge is 2.50. The molecule has 1 spiro atoms. The molecule has 9 heterocycles. The van der Waals surface area contributed by atoms with Crippen LogP contribution in [0.25, 0.3) is 43.8 Å². The molecule has 8 aliphatic rings. The Hall–Kier alpha value is -6.37. The number of aromatic hydroxyl groups is 1. The first kappa shape index (κ1) is 52.7. The van der Waals surface area contributed by atoms with E-state index in [2.05, 4.69) is 53.4 Å². The van der Waals surface area contributed by atoms with Crippen LogP contribution in [-0.2, 0) is 27.9 Å². The van der Waals surface area contributed by atoms with Crippen molar-refractivity contribution in [2.45, 2.75) is 134 Å². The fourth-order valence-electron chi connectivity index (χ4n) is 15.7. The monoisotopic (exact) mass is 1100 g/mol. The number of likely N-dealkylation sites (tertiary alicyclic amines) is 3. The largest absolute Gasteiger partial charge is 0.508 e. The molecule has 81 heavy (non-hydrogen) atoms. The van der Waals surface area contributed by atoms with Crippen LogP contribution in [-0.4, -0.2) is 146 Å². The van der Waals surface area contributed by atoms with E-state index < -0.39 is 17.6 Å². The summed E-state index contributed by atoms with van der Waals surface area (Å²) in [6.45, 7) is 12.1. The number of fused-ring (bicyclic) bond motifs is 5. The van der Waals surface area contributed by atoms with E-state index in [9.17, 15) is 19.5 Å². The number of pyridine rings is 1. The van der Waals surface area contributed by atoms with Crippen LogP contribution in [0.4, 0.5) is 14.6 Å². The zero-order valence-corrected chi connectivity index (χ0v) is 47.0. The molecule has 0 radical (unpaired) electrons. The molecule has 6 saturated heterocycles. The Morgan fingerprint density at radius 1 is 0.864 bits per heavy atom. The van der Waals surface area contributed by atoms with Crippen molar-refractivity contribution in [1.82, 2.24) is 50.1 Å². The molecule has 426 valence electrons. The molecule has 4 unspecified atom stereocenters. The Bertz CT molecular complexity index is 3470. The summed E-state index contributed by atoms with van der Waals surface area (Å²) < 4.78 is 40.9. The molecule has 8 fully saturated rings. The number of ether oxygens (including phenoxy) is 1. The molecule has 18 heteroatoms. The number of benzene rings is 3. The lowest BCUT2D eigenvalue weighted by atomic mass is 9.59. The number of phenolic OH excluding ortho intramolecular Hbond substituents is 1. The lowest BCUT2D eigenvalue weighted by Gasteiger charge is -2.56. The number of carbonyl (C=O) groups excluding carboxylic acids is 3. The fraction of sp³-hybridized carbons (Fsp3) is 0.571. The highest BCUT2D eigenvalue weighted by atomic mass is 19.1. The lowest BCUT2D eigenvalue weighted by molar-refractivity contribution is -0.142. The molecule has 2 bridgehead atoms. The van der Waals surface area contributed by atoms with E-state index in [1.807, 2.05) is 25.6 Å². The predicted molar refractivity (Wildman–Crippen MR) is 305 cm³/mol. The molecule has 3 amide bonds. The number of amides is 3. The van der Waals surface area contributed by atoms with Gasteiger partial charge in [-0.2, -0.15) is 15.1 Å². The molecule has 2 saturated carbocycles. The average Bonchev–Trinajstić information content (AvgIpc) is 4.12. The molecule has 3 N–H and O–H groups in total. The SMILES string of the molecule is CCc1c(F)ccc2cc(O)cc(-c3ncc4c(N5CC6CCC(C5)N6)nc(OCC5(CN6CCC(C(=O)N7CCC8(CC7)CC(N7CCC(c9ccc%10c(C%11CC(C)C(=O)NC%11=O)nn(C)c%10c9)CC7)C8)CC6)CC5)nc4c3F)c12. The van der Waals surface area contributed by atoms with Crippen LogP contribution in [0.5, 0.6) is 11.8 Å². The second kappa shape index (κ2) is 20.5. The number of nitrogens with zero attached hydrogens (tertiary/aromatic N) is 9. The van der Waals surface area contributed by atoms with Gasteiger partial charge in [0, 0.05) is 92.3 Å². The van der Waals surface area contributed by atoms with E-state index >= 15 is 8.78 Å². The Balaban J connectivity index is 0.570. The number of rotatable bonds is 12. The number of carbonyl (C=O) groups is 3. The summed E-state index contributed by atoms with van der Waals surface area (Å²) >= 11 is 0. The predicted octanol–water partition coefficient (Wildman–Crippen LogP) is 8.51. The van der Waals surface area contributed by atoms with Crippen molar-refractivity contribution in [3.63, 3.8) is 0 Å². The topological polar surface area (TPSA) is 174 Å². The number of piperidine rings is 4. The van der Waals surface area contributed by atoms with Gasteiger partial charge < -0.3 is 34.8 Å². The van der Waals surface area contributed by atoms with Gasteiger partial charge in [0.25, 0.3) is 0 Å². The molecule has 16 nitrogen and oxygen atoms in total. The van der Waals surface area contributed by atoms with Crippen LogP contribution >= 0.6 is 0 Å². The number of aryl methyl sites for hydroxylation is 2. The van der Waals surface area contributed by atoms with Crippen LogP contribution < -0.4 is 20.3 Å². The first-order valence-corrected chi connectivity index (χ1v) is 30.2. The smallest absolute Gasteiger partial charge is 0.319 e. The Kier molecular flexibility index (Phi) is 13.3. The van der Waals surface area contributed by atoms with Crippen LogP contribution in [0.1, 0.15) is 126 Å². The van der Waals surface area contributed by atoms with E-state index in [-0.39, 0.29) is 52.0 Å². The summed E-state index contributed by atoms with van der Waals surface area (Å²) in [6.07, 6.45) is 15.2. The maximum Gasteiger partial charge on any atom is 0.319 e. The van der Waals surface area contributed by atoms with Crippen molar-refractivity contribution in [2.75, 3.05) is 70.4 Å². The number of imide groups is 1. The van der Waals surface area contributed by atoms with Gasteiger partial charge in [0.15, 0.2) is 5.82 Å². The van der Waals surface area contributed by atoms with Crippen molar-refractivity contribution < 1.29 is 33.0 Å². The molecule has 4 atom stereocenters. The van der Waals surface area contributed by atoms with E-state index in [1.165, 1.54) is 30.5 Å².